The van der Waals surface area contributed by atoms with Crippen molar-refractivity contribution in [1.29, 1.82) is 0 Å². The third kappa shape index (κ3) is 1.54. The quantitative estimate of drug-likeness (QED) is 0.713. The summed E-state index contributed by atoms with van der Waals surface area (Å²) in [4.78, 5) is 0. The predicted octanol–water partition coefficient (Wildman–Crippen LogP) is 2.75. The predicted molar refractivity (Wildman–Crippen MR) is 58.4 cm³/mol. The molecule has 1 saturated heterocycles. The number of piperidine rings is 1. The average molecular weight is 223 g/mol. The van der Waals surface area contributed by atoms with Crippen LogP contribution in [0, 0.1) is 11.6 Å². The van der Waals surface area contributed by atoms with Crippen LogP contribution in [0.4, 0.5) is 8.78 Å². The number of benzene rings is 1. The summed E-state index contributed by atoms with van der Waals surface area (Å²) >= 11 is 0. The van der Waals surface area contributed by atoms with E-state index in [4.69, 9.17) is 0 Å². The Kier molecular flexibility index (Phi) is 2.43. The highest BCUT2D eigenvalue weighted by Gasteiger charge is 2.32. The van der Waals surface area contributed by atoms with Gasteiger partial charge in [0.05, 0.1) is 0 Å². The van der Waals surface area contributed by atoms with Crippen LogP contribution in [0.1, 0.15) is 36.3 Å². The molecule has 1 N–H and O–H groups in total. The van der Waals surface area contributed by atoms with Gasteiger partial charge in [0.2, 0.25) is 0 Å². The summed E-state index contributed by atoms with van der Waals surface area (Å²) in [5.41, 5.74) is 1.65. The van der Waals surface area contributed by atoms with Gasteiger partial charge in [-0.15, -0.1) is 0 Å². The SMILES string of the molecule is Fc1cc(F)c2c(c1)[C@@H]1CCCN[C@@H]1CC2. The second-order valence-electron chi connectivity index (χ2n) is 4.80. The molecule has 1 heterocycles. The Morgan fingerprint density at radius 2 is 2.06 bits per heavy atom. The third-order valence-electron chi connectivity index (χ3n) is 3.88. The molecule has 1 aliphatic heterocycles. The van der Waals surface area contributed by atoms with Gasteiger partial charge in [-0.05, 0) is 55.3 Å². The molecule has 86 valence electrons. The molecule has 2 aliphatic rings. The average Bonchev–Trinajstić information content (AvgIpc) is 2.28. The summed E-state index contributed by atoms with van der Waals surface area (Å²) in [6, 6.07) is 2.96. The number of hydrogen-bond donors (Lipinski definition) is 1. The normalized spacial score (nSPS) is 28.4. The Morgan fingerprint density at radius 3 is 2.94 bits per heavy atom. The van der Waals surface area contributed by atoms with E-state index in [1.54, 1.807) is 0 Å². The zero-order chi connectivity index (χ0) is 11.1. The van der Waals surface area contributed by atoms with Crippen LogP contribution in [-0.2, 0) is 6.42 Å². The zero-order valence-electron chi connectivity index (χ0n) is 9.10. The minimum Gasteiger partial charge on any atom is -0.313 e. The molecule has 0 radical (unpaired) electrons. The fourth-order valence-corrected chi connectivity index (χ4v) is 3.15. The molecule has 1 aromatic rings. The Hall–Kier alpha value is -0.960. The fraction of sp³-hybridized carbons (Fsp3) is 0.538. The maximum atomic E-state index is 13.6. The van der Waals surface area contributed by atoms with Crippen molar-refractivity contribution in [3.8, 4) is 0 Å². The molecule has 3 heteroatoms. The summed E-state index contributed by atoms with van der Waals surface area (Å²) in [6.45, 7) is 1.04. The highest BCUT2D eigenvalue weighted by atomic mass is 19.1. The number of fused-ring (bicyclic) bond motifs is 3. The van der Waals surface area contributed by atoms with Gasteiger partial charge in [-0.1, -0.05) is 0 Å². The Morgan fingerprint density at radius 1 is 1.19 bits per heavy atom. The maximum Gasteiger partial charge on any atom is 0.129 e. The molecule has 1 aliphatic carbocycles. The number of hydrogen-bond acceptors (Lipinski definition) is 1. The van der Waals surface area contributed by atoms with Crippen LogP contribution >= 0.6 is 0 Å². The van der Waals surface area contributed by atoms with Crippen LogP contribution in [-0.4, -0.2) is 12.6 Å². The van der Waals surface area contributed by atoms with Gasteiger partial charge in [0, 0.05) is 12.1 Å². The molecule has 3 rings (SSSR count). The van der Waals surface area contributed by atoms with Crippen molar-refractivity contribution in [1.82, 2.24) is 5.32 Å². The number of halogens is 2. The summed E-state index contributed by atoms with van der Waals surface area (Å²) in [7, 11) is 0. The van der Waals surface area contributed by atoms with E-state index in [9.17, 15) is 8.78 Å². The summed E-state index contributed by atoms with van der Waals surface area (Å²) < 4.78 is 26.9. The lowest BCUT2D eigenvalue weighted by molar-refractivity contribution is 0.315. The highest BCUT2D eigenvalue weighted by Crippen LogP contribution is 2.38. The van der Waals surface area contributed by atoms with Crippen molar-refractivity contribution in [3.05, 3.63) is 34.9 Å². The van der Waals surface area contributed by atoms with Crippen LogP contribution in [0.2, 0.25) is 0 Å². The molecule has 0 saturated carbocycles. The van der Waals surface area contributed by atoms with E-state index in [0.717, 1.165) is 49.4 Å². The van der Waals surface area contributed by atoms with Gasteiger partial charge in [-0.25, -0.2) is 8.78 Å². The third-order valence-corrected chi connectivity index (χ3v) is 3.88. The monoisotopic (exact) mass is 223 g/mol. The lowest BCUT2D eigenvalue weighted by Crippen LogP contribution is -2.42. The van der Waals surface area contributed by atoms with Crippen LogP contribution in [0.3, 0.4) is 0 Å². The first-order chi connectivity index (χ1) is 7.75. The first-order valence-corrected chi connectivity index (χ1v) is 5.97. The van der Waals surface area contributed by atoms with E-state index in [1.807, 2.05) is 0 Å². The van der Waals surface area contributed by atoms with Crippen molar-refractivity contribution in [3.63, 3.8) is 0 Å². The molecule has 16 heavy (non-hydrogen) atoms. The van der Waals surface area contributed by atoms with E-state index in [2.05, 4.69) is 5.32 Å². The molecule has 0 aromatic heterocycles. The van der Waals surface area contributed by atoms with Crippen molar-refractivity contribution in [2.24, 2.45) is 0 Å². The summed E-state index contributed by atoms with van der Waals surface area (Å²) in [6.07, 6.45) is 3.85. The second-order valence-corrected chi connectivity index (χ2v) is 4.80. The standard InChI is InChI=1S/C13H15F2N/c14-8-6-11-9(12(15)7-8)3-4-13-10(11)2-1-5-16-13/h6-7,10,13,16H,1-5H2/t10-,13+/m0/s1. The molecule has 0 unspecified atom stereocenters. The second kappa shape index (κ2) is 3.81. The van der Waals surface area contributed by atoms with Gasteiger partial charge in [-0.3, -0.25) is 0 Å². The zero-order valence-corrected chi connectivity index (χ0v) is 9.10. The van der Waals surface area contributed by atoms with Crippen molar-refractivity contribution in [2.45, 2.75) is 37.6 Å². The van der Waals surface area contributed by atoms with E-state index >= 15 is 0 Å². The molecule has 0 amide bonds. The Balaban J connectivity index is 2.06. The summed E-state index contributed by atoms with van der Waals surface area (Å²) in [5.74, 6) is -0.496. The smallest absolute Gasteiger partial charge is 0.129 e. The van der Waals surface area contributed by atoms with Gasteiger partial charge < -0.3 is 5.32 Å². The molecule has 0 spiro atoms. The van der Waals surface area contributed by atoms with E-state index in [-0.39, 0.29) is 5.82 Å². The van der Waals surface area contributed by atoms with Crippen LogP contribution < -0.4 is 5.32 Å². The fourth-order valence-electron chi connectivity index (χ4n) is 3.15. The van der Waals surface area contributed by atoms with Gasteiger partial charge >= 0.3 is 0 Å². The first kappa shape index (κ1) is 10.2. The maximum absolute atomic E-state index is 13.6. The molecule has 2 atom stereocenters. The van der Waals surface area contributed by atoms with Crippen molar-refractivity contribution < 1.29 is 8.78 Å². The van der Waals surface area contributed by atoms with E-state index in [1.165, 1.54) is 6.07 Å². The van der Waals surface area contributed by atoms with Crippen LogP contribution in [0.15, 0.2) is 12.1 Å². The number of rotatable bonds is 0. The van der Waals surface area contributed by atoms with E-state index in [0.29, 0.717) is 12.0 Å². The van der Waals surface area contributed by atoms with Crippen molar-refractivity contribution in [2.75, 3.05) is 6.54 Å². The summed E-state index contributed by atoms with van der Waals surface area (Å²) in [5, 5.41) is 3.46. The molecule has 1 nitrogen and oxygen atoms in total. The molecule has 1 aromatic carbocycles. The van der Waals surface area contributed by atoms with Gasteiger partial charge in [0.1, 0.15) is 11.6 Å². The van der Waals surface area contributed by atoms with Crippen molar-refractivity contribution >= 4 is 0 Å². The number of nitrogens with one attached hydrogen (secondary N) is 1. The largest absolute Gasteiger partial charge is 0.313 e. The molecule has 0 bridgehead atoms. The Bertz CT molecular complexity index is 417. The first-order valence-electron chi connectivity index (χ1n) is 5.97. The molecule has 1 fully saturated rings. The van der Waals surface area contributed by atoms with Crippen LogP contribution in [0.5, 0.6) is 0 Å². The topological polar surface area (TPSA) is 12.0 Å². The van der Waals surface area contributed by atoms with Crippen LogP contribution in [0.25, 0.3) is 0 Å². The van der Waals surface area contributed by atoms with Gasteiger partial charge in [0.15, 0.2) is 0 Å². The minimum atomic E-state index is -0.442. The van der Waals surface area contributed by atoms with Gasteiger partial charge in [-0.2, -0.15) is 0 Å². The lowest BCUT2D eigenvalue weighted by atomic mass is 9.75. The lowest BCUT2D eigenvalue weighted by Gasteiger charge is -2.38. The van der Waals surface area contributed by atoms with E-state index < -0.39 is 5.82 Å². The minimum absolute atomic E-state index is 0.308. The van der Waals surface area contributed by atoms with Gasteiger partial charge in [0.25, 0.3) is 0 Å². The molecular weight excluding hydrogens is 208 g/mol. The Labute approximate surface area is 93.9 Å². The highest BCUT2D eigenvalue weighted by molar-refractivity contribution is 5.36. The molecular formula is C13H15F2N.